The molecule has 0 aromatic rings. The molecule has 7 nitrogen and oxygen atoms in total. The highest BCUT2D eigenvalue weighted by molar-refractivity contribution is 5.88. The topological polar surface area (TPSA) is 93.1 Å². The van der Waals surface area contributed by atoms with Crippen molar-refractivity contribution in [3.63, 3.8) is 0 Å². The van der Waals surface area contributed by atoms with Crippen LogP contribution in [0.3, 0.4) is 0 Å². The molecule has 0 atom stereocenters. The highest BCUT2D eigenvalue weighted by atomic mass is 16.6. The molecular weight excluding hydrogens is 302 g/mol. The van der Waals surface area contributed by atoms with E-state index in [0.717, 1.165) is 4.90 Å². The van der Waals surface area contributed by atoms with E-state index in [4.69, 9.17) is 14.6 Å². The van der Waals surface area contributed by atoms with Gasteiger partial charge in [-0.15, -0.1) is 0 Å². The van der Waals surface area contributed by atoms with Gasteiger partial charge >= 0.3 is 18.2 Å². The van der Waals surface area contributed by atoms with Crippen LogP contribution in [0.2, 0.25) is 0 Å². The number of carbonyl (C=O) groups excluding carboxylic acids is 2. The Morgan fingerprint density at radius 2 is 1.26 bits per heavy atom. The number of amides is 2. The lowest BCUT2D eigenvalue weighted by atomic mass is 10.2. The van der Waals surface area contributed by atoms with Gasteiger partial charge in [0, 0.05) is 13.0 Å². The fourth-order valence-electron chi connectivity index (χ4n) is 1.61. The minimum absolute atomic E-state index is 0.0683. The number of carboxylic acid groups (broad SMARTS) is 1. The number of ether oxygens (including phenoxy) is 2. The largest absolute Gasteiger partial charge is 0.481 e. The van der Waals surface area contributed by atoms with Gasteiger partial charge in [-0.25, -0.2) is 14.5 Å². The molecule has 0 aliphatic rings. The summed E-state index contributed by atoms with van der Waals surface area (Å²) < 4.78 is 10.4. The van der Waals surface area contributed by atoms with Gasteiger partial charge in [0.1, 0.15) is 11.2 Å². The summed E-state index contributed by atoms with van der Waals surface area (Å²) in [5.41, 5.74) is -1.44. The van der Waals surface area contributed by atoms with Crippen molar-refractivity contribution >= 4 is 18.2 Å². The number of rotatable bonds is 6. The van der Waals surface area contributed by atoms with E-state index < -0.39 is 29.4 Å². The van der Waals surface area contributed by atoms with Crippen molar-refractivity contribution < 1.29 is 29.0 Å². The standard InChI is InChI=1S/C16H29NO6/c1-15(2,3)22-13(20)17(14(21)23-16(4,5)6)11-9-7-8-10-12(18)19/h7-11H2,1-6H3,(H,18,19). The molecule has 0 heterocycles. The van der Waals surface area contributed by atoms with Crippen molar-refractivity contribution in [3.8, 4) is 0 Å². The number of hydrogen-bond donors (Lipinski definition) is 1. The van der Waals surface area contributed by atoms with Crippen molar-refractivity contribution in [2.45, 2.75) is 78.4 Å². The van der Waals surface area contributed by atoms with Crippen LogP contribution in [-0.4, -0.2) is 45.9 Å². The number of nitrogens with zero attached hydrogens (tertiary/aromatic N) is 1. The number of carbonyl (C=O) groups is 3. The lowest BCUT2D eigenvalue weighted by Gasteiger charge is -2.28. The average molecular weight is 331 g/mol. The smallest absolute Gasteiger partial charge is 0.419 e. The number of carboxylic acids is 1. The van der Waals surface area contributed by atoms with E-state index in [1.807, 2.05) is 0 Å². The van der Waals surface area contributed by atoms with Crippen LogP contribution < -0.4 is 0 Å². The first-order chi connectivity index (χ1) is 10.3. The predicted molar refractivity (Wildman–Crippen MR) is 85.3 cm³/mol. The van der Waals surface area contributed by atoms with Gasteiger partial charge in [0.05, 0.1) is 0 Å². The van der Waals surface area contributed by atoms with E-state index in [0.29, 0.717) is 19.3 Å². The normalized spacial score (nSPS) is 11.7. The summed E-state index contributed by atoms with van der Waals surface area (Å²) in [4.78, 5) is 35.7. The molecule has 0 saturated carbocycles. The Hall–Kier alpha value is -1.79. The number of unbranched alkanes of at least 4 members (excludes halogenated alkanes) is 2. The minimum Gasteiger partial charge on any atom is -0.481 e. The third-order valence-corrected chi connectivity index (χ3v) is 2.50. The van der Waals surface area contributed by atoms with Crippen molar-refractivity contribution in [1.29, 1.82) is 0 Å². The lowest BCUT2D eigenvalue weighted by molar-refractivity contribution is -0.137. The van der Waals surface area contributed by atoms with Gasteiger partial charge in [-0.1, -0.05) is 6.42 Å². The first-order valence-corrected chi connectivity index (χ1v) is 7.77. The minimum atomic E-state index is -0.860. The molecule has 2 amide bonds. The highest BCUT2D eigenvalue weighted by Gasteiger charge is 2.30. The predicted octanol–water partition coefficient (Wildman–Crippen LogP) is 3.80. The van der Waals surface area contributed by atoms with Gasteiger partial charge in [-0.05, 0) is 54.4 Å². The molecule has 7 heteroatoms. The van der Waals surface area contributed by atoms with Gasteiger partial charge in [0.25, 0.3) is 0 Å². The first-order valence-electron chi connectivity index (χ1n) is 7.77. The Bertz CT molecular complexity index is 391. The fourth-order valence-corrected chi connectivity index (χ4v) is 1.61. The van der Waals surface area contributed by atoms with Crippen LogP contribution in [0.1, 0.15) is 67.2 Å². The van der Waals surface area contributed by atoms with Crippen molar-refractivity contribution in [2.75, 3.05) is 6.54 Å². The molecule has 134 valence electrons. The fraction of sp³-hybridized carbons (Fsp3) is 0.812. The van der Waals surface area contributed by atoms with Gasteiger partial charge in [0.2, 0.25) is 0 Å². The maximum Gasteiger partial charge on any atom is 0.419 e. The Morgan fingerprint density at radius 1 is 0.826 bits per heavy atom. The monoisotopic (exact) mass is 331 g/mol. The molecule has 0 rings (SSSR count). The zero-order valence-electron chi connectivity index (χ0n) is 15.0. The molecule has 0 unspecified atom stereocenters. The molecule has 0 aromatic carbocycles. The van der Waals surface area contributed by atoms with Crippen LogP contribution in [0.25, 0.3) is 0 Å². The molecule has 0 aromatic heterocycles. The van der Waals surface area contributed by atoms with Crippen molar-refractivity contribution in [3.05, 3.63) is 0 Å². The van der Waals surface area contributed by atoms with E-state index in [-0.39, 0.29) is 13.0 Å². The van der Waals surface area contributed by atoms with E-state index in [1.54, 1.807) is 41.5 Å². The lowest BCUT2D eigenvalue weighted by Crippen LogP contribution is -2.44. The summed E-state index contributed by atoms with van der Waals surface area (Å²) in [5.74, 6) is -0.860. The summed E-state index contributed by atoms with van der Waals surface area (Å²) in [5, 5.41) is 8.59. The summed E-state index contributed by atoms with van der Waals surface area (Å²) in [6.07, 6.45) is 0.125. The molecule has 0 saturated heterocycles. The van der Waals surface area contributed by atoms with Crippen LogP contribution in [0, 0.1) is 0 Å². The highest BCUT2D eigenvalue weighted by Crippen LogP contribution is 2.15. The van der Waals surface area contributed by atoms with Gasteiger partial charge in [0.15, 0.2) is 0 Å². The first kappa shape index (κ1) is 21.2. The Balaban J connectivity index is 4.70. The molecule has 0 radical (unpaired) electrons. The van der Waals surface area contributed by atoms with Gasteiger partial charge in [-0.2, -0.15) is 0 Å². The van der Waals surface area contributed by atoms with Crippen molar-refractivity contribution in [2.24, 2.45) is 0 Å². The average Bonchev–Trinajstić information content (AvgIpc) is 2.28. The molecule has 0 fully saturated rings. The van der Waals surface area contributed by atoms with E-state index in [9.17, 15) is 14.4 Å². The van der Waals surface area contributed by atoms with Crippen LogP contribution in [0.5, 0.6) is 0 Å². The maximum absolute atomic E-state index is 12.2. The second-order valence-corrected chi connectivity index (χ2v) is 7.32. The molecule has 0 aliphatic heterocycles. The van der Waals surface area contributed by atoms with Gasteiger partial charge in [-0.3, -0.25) is 4.79 Å². The van der Waals surface area contributed by atoms with Crippen molar-refractivity contribution in [1.82, 2.24) is 4.90 Å². The summed E-state index contributed by atoms with van der Waals surface area (Å²) in [7, 11) is 0. The Kier molecular flexibility index (Phi) is 8.06. The Morgan fingerprint density at radius 3 is 1.61 bits per heavy atom. The zero-order valence-corrected chi connectivity index (χ0v) is 15.0. The van der Waals surface area contributed by atoms with Crippen LogP contribution in [-0.2, 0) is 14.3 Å². The maximum atomic E-state index is 12.2. The number of aliphatic carboxylic acids is 1. The SMILES string of the molecule is CC(C)(C)OC(=O)N(CCCCCC(=O)O)C(=O)OC(C)(C)C. The van der Waals surface area contributed by atoms with Crippen LogP contribution >= 0.6 is 0 Å². The molecule has 1 N–H and O–H groups in total. The zero-order chi connectivity index (χ0) is 18.3. The van der Waals surface area contributed by atoms with Gasteiger partial charge < -0.3 is 14.6 Å². The number of hydrogen-bond acceptors (Lipinski definition) is 5. The molecule has 0 spiro atoms. The molecule has 0 aliphatic carbocycles. The van der Waals surface area contributed by atoms with E-state index in [2.05, 4.69) is 0 Å². The van der Waals surface area contributed by atoms with E-state index >= 15 is 0 Å². The Labute approximate surface area is 137 Å². The molecular formula is C16H29NO6. The van der Waals surface area contributed by atoms with Crippen LogP contribution in [0.15, 0.2) is 0 Å². The second-order valence-electron chi connectivity index (χ2n) is 7.32. The quantitative estimate of drug-likeness (QED) is 0.744. The van der Waals surface area contributed by atoms with Crippen LogP contribution in [0.4, 0.5) is 9.59 Å². The number of imide groups is 1. The van der Waals surface area contributed by atoms with E-state index in [1.165, 1.54) is 0 Å². The summed E-state index contributed by atoms with van der Waals surface area (Å²) >= 11 is 0. The summed E-state index contributed by atoms with van der Waals surface area (Å²) in [6.45, 7) is 10.4. The second kappa shape index (κ2) is 8.74. The third-order valence-electron chi connectivity index (χ3n) is 2.50. The molecule has 23 heavy (non-hydrogen) atoms. The summed E-state index contributed by atoms with van der Waals surface area (Å²) in [6, 6.07) is 0. The third kappa shape index (κ3) is 11.4. The molecule has 0 bridgehead atoms.